The van der Waals surface area contributed by atoms with Crippen LogP contribution in [0.1, 0.15) is 35.9 Å². The van der Waals surface area contributed by atoms with Crippen LogP contribution in [-0.4, -0.2) is 25.4 Å². The molecule has 0 aliphatic heterocycles. The average Bonchev–Trinajstić information content (AvgIpc) is 2.88. The van der Waals surface area contributed by atoms with Gasteiger partial charge in [-0.15, -0.1) is 0 Å². The van der Waals surface area contributed by atoms with Crippen molar-refractivity contribution >= 4 is 34.1 Å². The van der Waals surface area contributed by atoms with E-state index in [2.05, 4.69) is 26.1 Å². The van der Waals surface area contributed by atoms with Crippen LogP contribution in [0, 0.1) is 10.1 Å². The van der Waals surface area contributed by atoms with Crippen molar-refractivity contribution in [1.29, 1.82) is 0 Å². The van der Waals surface area contributed by atoms with Crippen molar-refractivity contribution in [3.63, 3.8) is 0 Å². The van der Waals surface area contributed by atoms with Gasteiger partial charge < -0.3 is 5.32 Å². The molecule has 4 rings (SSSR count). The minimum absolute atomic E-state index is 0.0615. The molecule has 0 aliphatic rings. The number of fused-ring (bicyclic) bond motifs is 1. The van der Waals surface area contributed by atoms with Crippen molar-refractivity contribution in [2.45, 2.75) is 26.4 Å². The summed E-state index contributed by atoms with van der Waals surface area (Å²) in [6.45, 7) is 3.95. The number of aromatic nitrogens is 3. The maximum Gasteiger partial charge on any atom is 0.293 e. The Morgan fingerprint density at radius 2 is 1.91 bits per heavy atom. The highest BCUT2D eigenvalue weighted by atomic mass is 16.6. The highest BCUT2D eigenvalue weighted by molar-refractivity contribution is 5.96. The number of hydrogen-bond donors (Lipinski definition) is 3. The van der Waals surface area contributed by atoms with Gasteiger partial charge in [0.05, 0.1) is 27.6 Å². The van der Waals surface area contributed by atoms with E-state index >= 15 is 0 Å². The predicted octanol–water partition coefficient (Wildman–Crippen LogP) is 3.65. The molecule has 3 N–H and O–H groups in total. The van der Waals surface area contributed by atoms with Gasteiger partial charge in [0.25, 0.3) is 17.2 Å². The number of pyridine rings is 1. The summed E-state index contributed by atoms with van der Waals surface area (Å²) in [5, 5.41) is 15.2. The van der Waals surface area contributed by atoms with E-state index in [1.165, 1.54) is 22.8 Å². The monoisotopic (exact) mass is 473 g/mol. The summed E-state index contributed by atoms with van der Waals surface area (Å²) >= 11 is 0. The second kappa shape index (κ2) is 10.00. The molecule has 0 saturated carbocycles. The van der Waals surface area contributed by atoms with Crippen LogP contribution in [0.15, 0.2) is 71.7 Å². The number of nitrogens with one attached hydrogen (secondary N) is 3. The van der Waals surface area contributed by atoms with Gasteiger partial charge in [0, 0.05) is 24.4 Å². The van der Waals surface area contributed by atoms with Gasteiger partial charge in [-0.05, 0) is 50.2 Å². The molecule has 0 saturated heterocycles. The van der Waals surface area contributed by atoms with Crippen LogP contribution in [0.4, 0.5) is 17.3 Å². The summed E-state index contributed by atoms with van der Waals surface area (Å²) in [5.41, 5.74) is 6.16. The first-order valence-electron chi connectivity index (χ1n) is 10.9. The molecule has 11 nitrogen and oxygen atoms in total. The summed E-state index contributed by atoms with van der Waals surface area (Å²) in [5.74, 6) is -0.469. The van der Waals surface area contributed by atoms with Crippen LogP contribution in [0.25, 0.3) is 10.9 Å². The molecule has 0 radical (unpaired) electrons. The highest BCUT2D eigenvalue weighted by Gasteiger charge is 2.20. The van der Waals surface area contributed by atoms with Gasteiger partial charge in [0.15, 0.2) is 0 Å². The topological polar surface area (TPSA) is 144 Å². The SMILES string of the molecule is CCn1c(NNC(=O)c2ccc(NC(C)c3ccccn3)c([N+](=O)[O-])c2)nc2ccccc2c1=O. The van der Waals surface area contributed by atoms with Gasteiger partial charge in [-0.1, -0.05) is 18.2 Å². The summed E-state index contributed by atoms with van der Waals surface area (Å²) in [6.07, 6.45) is 1.64. The highest BCUT2D eigenvalue weighted by Crippen LogP contribution is 2.29. The standard InChI is InChI=1S/C24H23N7O4/c1-3-30-23(33)17-8-4-5-10-19(17)27-24(30)29-28-22(32)16-11-12-20(21(14-16)31(34)35)26-15(2)18-9-6-7-13-25-18/h4-15,26H,3H2,1-2H3,(H,27,29)(H,28,32). The number of amides is 1. The molecule has 0 fully saturated rings. The van der Waals surface area contributed by atoms with Gasteiger partial charge >= 0.3 is 0 Å². The lowest BCUT2D eigenvalue weighted by Crippen LogP contribution is -2.34. The molecule has 178 valence electrons. The Kier molecular flexibility index (Phi) is 6.67. The molecule has 2 heterocycles. The minimum Gasteiger partial charge on any atom is -0.371 e. The number of carbonyl (C=O) groups excluding carboxylic acids is 1. The molecule has 0 spiro atoms. The zero-order valence-electron chi connectivity index (χ0n) is 19.1. The van der Waals surface area contributed by atoms with E-state index in [0.717, 1.165) is 5.69 Å². The molecule has 4 aromatic rings. The molecule has 2 aromatic carbocycles. The van der Waals surface area contributed by atoms with Crippen LogP contribution in [0.2, 0.25) is 0 Å². The van der Waals surface area contributed by atoms with Crippen LogP contribution in [0.3, 0.4) is 0 Å². The fourth-order valence-electron chi connectivity index (χ4n) is 3.63. The third kappa shape index (κ3) is 4.93. The first-order valence-corrected chi connectivity index (χ1v) is 10.9. The number of nitro benzene ring substituents is 1. The van der Waals surface area contributed by atoms with E-state index in [1.54, 1.807) is 43.5 Å². The van der Waals surface area contributed by atoms with Gasteiger partial charge in [-0.2, -0.15) is 0 Å². The second-order valence-electron chi connectivity index (χ2n) is 7.69. The molecule has 2 aromatic heterocycles. The largest absolute Gasteiger partial charge is 0.371 e. The van der Waals surface area contributed by atoms with Gasteiger partial charge in [-0.3, -0.25) is 40.1 Å². The van der Waals surface area contributed by atoms with E-state index in [9.17, 15) is 19.7 Å². The zero-order chi connectivity index (χ0) is 24.9. The lowest BCUT2D eigenvalue weighted by Gasteiger charge is -2.16. The number of nitro groups is 1. The number of anilines is 2. The average molecular weight is 473 g/mol. The van der Waals surface area contributed by atoms with E-state index in [4.69, 9.17) is 0 Å². The van der Waals surface area contributed by atoms with E-state index in [0.29, 0.717) is 17.4 Å². The fourth-order valence-corrected chi connectivity index (χ4v) is 3.63. The zero-order valence-corrected chi connectivity index (χ0v) is 19.1. The molecular weight excluding hydrogens is 450 g/mol. The Balaban J connectivity index is 1.55. The molecular formula is C24H23N7O4. The summed E-state index contributed by atoms with van der Waals surface area (Å²) in [7, 11) is 0. The number of hydrazine groups is 1. The maximum absolute atomic E-state index is 12.8. The van der Waals surface area contributed by atoms with Crippen molar-refractivity contribution < 1.29 is 9.72 Å². The molecule has 1 amide bonds. The van der Waals surface area contributed by atoms with Crippen molar-refractivity contribution in [1.82, 2.24) is 20.0 Å². The predicted molar refractivity (Wildman–Crippen MR) is 132 cm³/mol. The third-order valence-electron chi connectivity index (χ3n) is 5.43. The Morgan fingerprint density at radius 1 is 1.14 bits per heavy atom. The number of nitrogens with zero attached hydrogens (tertiary/aromatic N) is 4. The number of carbonyl (C=O) groups is 1. The Morgan fingerprint density at radius 3 is 2.63 bits per heavy atom. The fraction of sp³-hybridized carbons (Fsp3) is 0.167. The van der Waals surface area contributed by atoms with Crippen molar-refractivity contribution in [2.75, 3.05) is 10.7 Å². The first kappa shape index (κ1) is 23.4. The maximum atomic E-state index is 12.8. The molecule has 0 aliphatic carbocycles. The number of para-hydroxylation sites is 1. The second-order valence-corrected chi connectivity index (χ2v) is 7.69. The smallest absolute Gasteiger partial charge is 0.293 e. The van der Waals surface area contributed by atoms with Crippen molar-refractivity contribution in [3.8, 4) is 0 Å². The van der Waals surface area contributed by atoms with Crippen LogP contribution in [-0.2, 0) is 6.54 Å². The number of hydrogen-bond acceptors (Lipinski definition) is 8. The van der Waals surface area contributed by atoms with Crippen LogP contribution in [0.5, 0.6) is 0 Å². The first-order chi connectivity index (χ1) is 16.9. The number of benzene rings is 2. The third-order valence-corrected chi connectivity index (χ3v) is 5.43. The molecule has 35 heavy (non-hydrogen) atoms. The van der Waals surface area contributed by atoms with Gasteiger partial charge in [0.2, 0.25) is 5.95 Å². The molecule has 1 unspecified atom stereocenters. The Hall–Kier alpha value is -4.80. The summed E-state index contributed by atoms with van der Waals surface area (Å²) in [6, 6.07) is 16.2. The van der Waals surface area contributed by atoms with Crippen LogP contribution >= 0.6 is 0 Å². The van der Waals surface area contributed by atoms with Crippen molar-refractivity contribution in [2.24, 2.45) is 0 Å². The van der Waals surface area contributed by atoms with Crippen molar-refractivity contribution in [3.05, 3.63) is 98.6 Å². The lowest BCUT2D eigenvalue weighted by molar-refractivity contribution is -0.384. The minimum atomic E-state index is -0.623. The Bertz CT molecular complexity index is 1450. The Labute approximate surface area is 200 Å². The lowest BCUT2D eigenvalue weighted by atomic mass is 10.1. The molecule has 11 heteroatoms. The normalized spacial score (nSPS) is 11.6. The molecule has 0 bridgehead atoms. The summed E-state index contributed by atoms with van der Waals surface area (Å²) < 4.78 is 1.39. The quantitative estimate of drug-likeness (QED) is 0.260. The number of rotatable bonds is 8. The van der Waals surface area contributed by atoms with E-state index < -0.39 is 10.8 Å². The van der Waals surface area contributed by atoms with E-state index in [1.807, 2.05) is 19.1 Å². The van der Waals surface area contributed by atoms with E-state index in [-0.39, 0.29) is 34.5 Å². The summed E-state index contributed by atoms with van der Waals surface area (Å²) in [4.78, 5) is 45.3. The van der Waals surface area contributed by atoms with Gasteiger partial charge in [0.1, 0.15) is 5.69 Å². The molecule has 1 atom stereocenters. The van der Waals surface area contributed by atoms with Gasteiger partial charge in [-0.25, -0.2) is 4.98 Å². The van der Waals surface area contributed by atoms with Crippen LogP contribution < -0.4 is 21.7 Å².